The maximum Gasteiger partial charge on any atom is 0.242 e. The number of ether oxygens (including phenoxy) is 1. The molecular weight excluding hydrogens is 398 g/mol. The highest BCUT2D eigenvalue weighted by molar-refractivity contribution is 8.00. The maximum atomic E-state index is 12.6. The largest absolute Gasteiger partial charge is 0.497 e. The van der Waals surface area contributed by atoms with E-state index in [1.165, 1.54) is 11.8 Å². The summed E-state index contributed by atoms with van der Waals surface area (Å²) in [5.41, 5.74) is 1.70. The molecule has 0 aliphatic carbocycles. The van der Waals surface area contributed by atoms with E-state index in [0.29, 0.717) is 31.1 Å². The zero-order valence-electron chi connectivity index (χ0n) is 17.6. The third-order valence-electron chi connectivity index (χ3n) is 4.89. The number of nitrogens with zero attached hydrogens (tertiary/aromatic N) is 2. The van der Waals surface area contributed by atoms with Crippen LogP contribution in [0.3, 0.4) is 0 Å². The van der Waals surface area contributed by atoms with Crippen LogP contribution < -0.4 is 10.1 Å². The number of hydrogen-bond acceptors (Lipinski definition) is 4. The molecule has 3 aromatic rings. The minimum absolute atomic E-state index is 0.0908. The van der Waals surface area contributed by atoms with Crippen molar-refractivity contribution in [3.63, 3.8) is 0 Å². The Morgan fingerprint density at radius 3 is 2.60 bits per heavy atom. The van der Waals surface area contributed by atoms with E-state index in [2.05, 4.69) is 5.32 Å². The average Bonchev–Trinajstić information content (AvgIpc) is 3.11. The number of anilines is 1. The Morgan fingerprint density at radius 2 is 1.87 bits per heavy atom. The maximum absolute atomic E-state index is 12.6. The first-order chi connectivity index (χ1) is 14.5. The van der Waals surface area contributed by atoms with Gasteiger partial charge in [-0.05, 0) is 32.0 Å². The summed E-state index contributed by atoms with van der Waals surface area (Å²) in [5.74, 6) is 0.966. The van der Waals surface area contributed by atoms with Crippen molar-refractivity contribution in [2.75, 3.05) is 31.3 Å². The highest BCUT2D eigenvalue weighted by Gasteiger charge is 2.15. The Labute approximate surface area is 181 Å². The number of hydrogen-bond donors (Lipinski definition) is 1. The molecule has 0 bridgehead atoms. The first-order valence-corrected chi connectivity index (χ1v) is 11.0. The van der Waals surface area contributed by atoms with Gasteiger partial charge in [0.1, 0.15) is 12.3 Å². The first kappa shape index (κ1) is 21.8. The van der Waals surface area contributed by atoms with Crippen molar-refractivity contribution in [2.45, 2.75) is 25.3 Å². The quantitative estimate of drug-likeness (QED) is 0.521. The predicted octanol–water partition coefficient (Wildman–Crippen LogP) is 4.25. The van der Waals surface area contributed by atoms with Gasteiger partial charge in [-0.3, -0.25) is 9.59 Å². The minimum Gasteiger partial charge on any atom is -0.497 e. The number of amides is 2. The molecule has 0 atom stereocenters. The van der Waals surface area contributed by atoms with Gasteiger partial charge in [-0.2, -0.15) is 0 Å². The van der Waals surface area contributed by atoms with Crippen molar-refractivity contribution in [1.29, 1.82) is 0 Å². The summed E-state index contributed by atoms with van der Waals surface area (Å²) in [4.78, 5) is 27.8. The van der Waals surface area contributed by atoms with Gasteiger partial charge in [0.15, 0.2) is 0 Å². The monoisotopic (exact) mass is 425 g/mol. The molecular formula is C23H27N3O3S. The SMILES string of the molecule is CCN(CC)C(=O)Cn1cc(SCC(=O)Nc2cccc(OC)c2)c2ccccc21. The standard InChI is InChI=1S/C23H27N3O3S/c1-4-25(5-2)23(28)15-26-14-21(19-11-6-7-12-20(19)26)30-16-22(27)24-17-9-8-10-18(13-17)29-3/h6-14H,4-5,15-16H2,1-3H3,(H,24,27). The molecule has 1 heterocycles. The summed E-state index contributed by atoms with van der Waals surface area (Å²) < 4.78 is 7.16. The van der Waals surface area contributed by atoms with Gasteiger partial charge in [0.25, 0.3) is 0 Å². The van der Waals surface area contributed by atoms with Gasteiger partial charge < -0.3 is 19.5 Å². The lowest BCUT2D eigenvalue weighted by atomic mass is 10.2. The first-order valence-electron chi connectivity index (χ1n) is 9.98. The Bertz CT molecular complexity index is 1030. The lowest BCUT2D eigenvalue weighted by Crippen LogP contribution is -2.33. The van der Waals surface area contributed by atoms with Crippen LogP contribution in [0.15, 0.2) is 59.6 Å². The molecule has 1 aromatic heterocycles. The number of thioether (sulfide) groups is 1. The number of nitrogens with one attached hydrogen (secondary N) is 1. The Hall–Kier alpha value is -2.93. The Balaban J connectivity index is 1.71. The Morgan fingerprint density at radius 1 is 1.10 bits per heavy atom. The molecule has 7 heteroatoms. The van der Waals surface area contributed by atoms with Crippen LogP contribution in [0.2, 0.25) is 0 Å². The summed E-state index contributed by atoms with van der Waals surface area (Å²) in [6, 6.07) is 15.2. The van der Waals surface area contributed by atoms with Crippen molar-refractivity contribution in [2.24, 2.45) is 0 Å². The van der Waals surface area contributed by atoms with E-state index in [9.17, 15) is 9.59 Å². The molecule has 0 aliphatic rings. The molecule has 0 saturated carbocycles. The van der Waals surface area contributed by atoms with Crippen molar-refractivity contribution in [1.82, 2.24) is 9.47 Å². The molecule has 30 heavy (non-hydrogen) atoms. The lowest BCUT2D eigenvalue weighted by molar-refractivity contribution is -0.131. The molecule has 3 rings (SSSR count). The summed E-state index contributed by atoms with van der Waals surface area (Å²) in [6.07, 6.45) is 1.97. The van der Waals surface area contributed by atoms with Crippen LogP contribution in [-0.4, -0.2) is 47.2 Å². The number of fused-ring (bicyclic) bond motifs is 1. The predicted molar refractivity (Wildman–Crippen MR) is 122 cm³/mol. The van der Waals surface area contributed by atoms with Gasteiger partial charge in [-0.15, -0.1) is 11.8 Å². The second kappa shape index (κ2) is 10.2. The van der Waals surface area contributed by atoms with E-state index in [0.717, 1.165) is 15.8 Å². The van der Waals surface area contributed by atoms with Crippen molar-refractivity contribution in [3.05, 3.63) is 54.7 Å². The van der Waals surface area contributed by atoms with E-state index >= 15 is 0 Å². The highest BCUT2D eigenvalue weighted by Crippen LogP contribution is 2.30. The van der Waals surface area contributed by atoms with E-state index < -0.39 is 0 Å². The number of likely N-dealkylation sites (N-methyl/N-ethyl adjacent to an activating group) is 1. The molecule has 2 aromatic carbocycles. The van der Waals surface area contributed by atoms with Crippen molar-refractivity contribution < 1.29 is 14.3 Å². The number of methoxy groups -OCH3 is 1. The molecule has 0 saturated heterocycles. The van der Waals surface area contributed by atoms with Crippen LogP contribution >= 0.6 is 11.8 Å². The zero-order chi connectivity index (χ0) is 21.5. The fourth-order valence-corrected chi connectivity index (χ4v) is 4.21. The van der Waals surface area contributed by atoms with E-state index in [1.807, 2.05) is 72.0 Å². The van der Waals surface area contributed by atoms with E-state index in [1.54, 1.807) is 13.2 Å². The third-order valence-corrected chi connectivity index (χ3v) is 5.93. The summed E-state index contributed by atoms with van der Waals surface area (Å²) in [5, 5.41) is 3.94. The van der Waals surface area contributed by atoms with Gasteiger partial charge >= 0.3 is 0 Å². The number of carbonyl (C=O) groups excluding carboxylic acids is 2. The molecule has 0 aliphatic heterocycles. The molecule has 1 N–H and O–H groups in total. The Kier molecular flexibility index (Phi) is 7.41. The van der Waals surface area contributed by atoms with Gasteiger partial charge in [-0.25, -0.2) is 0 Å². The molecule has 0 radical (unpaired) electrons. The summed E-state index contributed by atoms with van der Waals surface area (Å²) in [6.45, 7) is 5.65. The van der Waals surface area contributed by atoms with Gasteiger partial charge in [0.2, 0.25) is 11.8 Å². The van der Waals surface area contributed by atoms with Crippen LogP contribution in [0.5, 0.6) is 5.75 Å². The molecule has 6 nitrogen and oxygen atoms in total. The molecule has 2 amide bonds. The van der Waals surface area contributed by atoms with Crippen LogP contribution in [0, 0.1) is 0 Å². The third kappa shape index (κ3) is 5.16. The molecule has 0 unspecified atom stereocenters. The minimum atomic E-state index is -0.0932. The summed E-state index contributed by atoms with van der Waals surface area (Å²) >= 11 is 1.47. The van der Waals surface area contributed by atoms with Crippen molar-refractivity contribution in [3.8, 4) is 5.75 Å². The average molecular weight is 426 g/mol. The second-order valence-corrected chi connectivity index (χ2v) is 7.79. The lowest BCUT2D eigenvalue weighted by Gasteiger charge is -2.19. The highest BCUT2D eigenvalue weighted by atomic mass is 32.2. The number of rotatable bonds is 9. The van der Waals surface area contributed by atoms with Crippen LogP contribution in [0.1, 0.15) is 13.8 Å². The molecule has 0 spiro atoms. The van der Waals surface area contributed by atoms with E-state index in [-0.39, 0.29) is 17.6 Å². The van der Waals surface area contributed by atoms with Crippen LogP contribution in [-0.2, 0) is 16.1 Å². The fourth-order valence-electron chi connectivity index (χ4n) is 3.32. The van der Waals surface area contributed by atoms with Gasteiger partial charge in [-0.1, -0.05) is 24.3 Å². The summed E-state index contributed by atoms with van der Waals surface area (Å²) in [7, 11) is 1.59. The molecule has 0 fully saturated rings. The second-order valence-electron chi connectivity index (χ2n) is 6.77. The van der Waals surface area contributed by atoms with Gasteiger partial charge in [0, 0.05) is 46.8 Å². The van der Waals surface area contributed by atoms with Crippen LogP contribution in [0.25, 0.3) is 10.9 Å². The zero-order valence-corrected chi connectivity index (χ0v) is 18.4. The number of carbonyl (C=O) groups is 2. The van der Waals surface area contributed by atoms with Crippen molar-refractivity contribution >= 4 is 40.2 Å². The smallest absolute Gasteiger partial charge is 0.242 e. The van der Waals surface area contributed by atoms with E-state index in [4.69, 9.17) is 4.74 Å². The fraction of sp³-hybridized carbons (Fsp3) is 0.304. The van der Waals surface area contributed by atoms with Crippen LogP contribution in [0.4, 0.5) is 5.69 Å². The number of aromatic nitrogens is 1. The number of benzene rings is 2. The molecule has 158 valence electrons. The number of para-hydroxylation sites is 1. The normalized spacial score (nSPS) is 10.8. The topological polar surface area (TPSA) is 63.6 Å². The van der Waals surface area contributed by atoms with Gasteiger partial charge in [0.05, 0.1) is 12.9 Å².